The Balaban J connectivity index is 2.09. The molecular formula is C17H19N3O3. The van der Waals surface area contributed by atoms with Crippen LogP contribution in [-0.2, 0) is 6.61 Å². The van der Waals surface area contributed by atoms with Crippen molar-refractivity contribution < 1.29 is 14.3 Å². The van der Waals surface area contributed by atoms with E-state index in [4.69, 9.17) is 15.2 Å². The number of rotatable bonds is 7. The van der Waals surface area contributed by atoms with Crippen molar-refractivity contribution in [3.63, 3.8) is 0 Å². The van der Waals surface area contributed by atoms with Gasteiger partial charge in [0.25, 0.3) is 0 Å². The average Bonchev–Trinajstić information content (AvgIpc) is 2.55. The summed E-state index contributed by atoms with van der Waals surface area (Å²) in [6, 6.07) is 14.6. The normalized spacial score (nSPS) is 10.5. The van der Waals surface area contributed by atoms with Gasteiger partial charge in [-0.05, 0) is 36.2 Å². The number of nitrogens with one attached hydrogen (secondary N) is 1. The van der Waals surface area contributed by atoms with Crippen LogP contribution >= 0.6 is 0 Å². The van der Waals surface area contributed by atoms with E-state index >= 15 is 0 Å². The fourth-order valence-corrected chi connectivity index (χ4v) is 1.90. The fraction of sp³-hybridized carbons (Fsp3) is 0.176. The van der Waals surface area contributed by atoms with Crippen LogP contribution in [0.15, 0.2) is 53.6 Å². The summed E-state index contributed by atoms with van der Waals surface area (Å²) in [6.07, 6.45) is 1.48. The van der Waals surface area contributed by atoms with E-state index in [1.165, 1.54) is 6.21 Å². The second-order valence-corrected chi connectivity index (χ2v) is 4.65. The first-order chi connectivity index (χ1) is 11.2. The molecule has 2 amide bonds. The van der Waals surface area contributed by atoms with Crippen molar-refractivity contribution in [2.24, 2.45) is 10.8 Å². The SMILES string of the molecule is CCOc1cc(/C=N/NC(N)=O)ccc1OCc1ccccc1. The summed E-state index contributed by atoms with van der Waals surface area (Å²) < 4.78 is 11.4. The van der Waals surface area contributed by atoms with E-state index < -0.39 is 6.03 Å². The predicted octanol–water partition coefficient (Wildman–Crippen LogP) is 2.67. The number of hydrogen-bond acceptors (Lipinski definition) is 4. The summed E-state index contributed by atoms with van der Waals surface area (Å²) >= 11 is 0. The van der Waals surface area contributed by atoms with Gasteiger partial charge in [-0.1, -0.05) is 30.3 Å². The van der Waals surface area contributed by atoms with Crippen LogP contribution in [0.25, 0.3) is 0 Å². The van der Waals surface area contributed by atoms with Crippen LogP contribution in [0.3, 0.4) is 0 Å². The molecule has 0 saturated heterocycles. The maximum Gasteiger partial charge on any atom is 0.332 e. The van der Waals surface area contributed by atoms with E-state index in [1.54, 1.807) is 12.1 Å². The molecule has 0 saturated carbocycles. The van der Waals surface area contributed by atoms with Gasteiger partial charge in [0.2, 0.25) is 0 Å². The highest BCUT2D eigenvalue weighted by Gasteiger charge is 2.06. The molecule has 6 nitrogen and oxygen atoms in total. The van der Waals surface area contributed by atoms with E-state index in [9.17, 15) is 4.79 Å². The van der Waals surface area contributed by atoms with Crippen molar-refractivity contribution in [1.29, 1.82) is 0 Å². The Hall–Kier alpha value is -3.02. The van der Waals surface area contributed by atoms with Gasteiger partial charge in [0.1, 0.15) is 6.61 Å². The van der Waals surface area contributed by atoms with Gasteiger partial charge >= 0.3 is 6.03 Å². The lowest BCUT2D eigenvalue weighted by Crippen LogP contribution is -2.24. The monoisotopic (exact) mass is 313 g/mol. The first kappa shape index (κ1) is 16.4. The molecule has 0 heterocycles. The van der Waals surface area contributed by atoms with Crippen molar-refractivity contribution >= 4 is 12.2 Å². The summed E-state index contributed by atoms with van der Waals surface area (Å²) in [5.41, 5.74) is 8.92. The Morgan fingerprint density at radius 1 is 1.17 bits per heavy atom. The number of nitrogens with zero attached hydrogens (tertiary/aromatic N) is 1. The Morgan fingerprint density at radius 2 is 1.96 bits per heavy atom. The molecule has 2 rings (SSSR count). The Morgan fingerprint density at radius 3 is 2.65 bits per heavy atom. The van der Waals surface area contributed by atoms with Crippen LogP contribution in [0.1, 0.15) is 18.1 Å². The largest absolute Gasteiger partial charge is 0.490 e. The topological polar surface area (TPSA) is 85.9 Å². The van der Waals surface area contributed by atoms with Gasteiger partial charge in [0.05, 0.1) is 12.8 Å². The van der Waals surface area contributed by atoms with Crippen LogP contribution in [0.2, 0.25) is 0 Å². The molecule has 0 aliphatic carbocycles. The molecule has 0 aliphatic rings. The number of carbonyl (C=O) groups excluding carboxylic acids is 1. The minimum Gasteiger partial charge on any atom is -0.490 e. The molecule has 2 aromatic carbocycles. The lowest BCUT2D eigenvalue weighted by Gasteiger charge is -2.12. The van der Waals surface area contributed by atoms with E-state index in [0.29, 0.717) is 24.7 Å². The Labute approximate surface area is 134 Å². The standard InChI is InChI=1S/C17H19N3O3/c1-2-22-16-10-14(11-19-20-17(18)21)8-9-15(16)23-12-13-6-4-3-5-7-13/h3-11H,2,12H2,1H3,(H3,18,20,21)/b19-11+. The summed E-state index contributed by atoms with van der Waals surface area (Å²) in [5, 5.41) is 3.72. The fourth-order valence-electron chi connectivity index (χ4n) is 1.90. The average molecular weight is 313 g/mol. The number of nitrogens with two attached hydrogens (primary N) is 1. The number of ether oxygens (including phenoxy) is 2. The van der Waals surface area contributed by atoms with Crippen LogP contribution in [0, 0.1) is 0 Å². The highest BCUT2D eigenvalue weighted by Crippen LogP contribution is 2.28. The lowest BCUT2D eigenvalue weighted by atomic mass is 10.2. The lowest BCUT2D eigenvalue weighted by molar-refractivity contribution is 0.249. The first-order valence-electron chi connectivity index (χ1n) is 7.21. The molecule has 6 heteroatoms. The molecule has 0 radical (unpaired) electrons. The van der Waals surface area contributed by atoms with Crippen molar-refractivity contribution in [3.8, 4) is 11.5 Å². The Kier molecular flexibility index (Phi) is 5.99. The molecular weight excluding hydrogens is 294 g/mol. The first-order valence-corrected chi connectivity index (χ1v) is 7.21. The number of amides is 2. The van der Waals surface area contributed by atoms with E-state index in [2.05, 4.69) is 10.5 Å². The maximum atomic E-state index is 10.6. The predicted molar refractivity (Wildman–Crippen MR) is 88.7 cm³/mol. The number of benzene rings is 2. The van der Waals surface area contributed by atoms with E-state index in [-0.39, 0.29) is 0 Å². The highest BCUT2D eigenvalue weighted by molar-refractivity contribution is 5.82. The number of carbonyl (C=O) groups is 1. The number of primary amides is 1. The molecule has 0 bridgehead atoms. The van der Waals surface area contributed by atoms with Crippen LogP contribution in [0.4, 0.5) is 4.79 Å². The molecule has 2 aromatic rings. The number of urea groups is 1. The number of hydrazone groups is 1. The van der Waals surface area contributed by atoms with Crippen molar-refractivity contribution in [1.82, 2.24) is 5.43 Å². The van der Waals surface area contributed by atoms with Crippen LogP contribution in [-0.4, -0.2) is 18.9 Å². The molecule has 3 N–H and O–H groups in total. The van der Waals surface area contributed by atoms with Crippen LogP contribution in [0.5, 0.6) is 11.5 Å². The summed E-state index contributed by atoms with van der Waals surface area (Å²) in [6.45, 7) is 2.87. The molecule has 0 atom stereocenters. The van der Waals surface area contributed by atoms with Crippen molar-refractivity contribution in [2.45, 2.75) is 13.5 Å². The van der Waals surface area contributed by atoms with Gasteiger partial charge in [0.15, 0.2) is 11.5 Å². The van der Waals surface area contributed by atoms with E-state index in [0.717, 1.165) is 11.1 Å². The smallest absolute Gasteiger partial charge is 0.332 e. The van der Waals surface area contributed by atoms with Gasteiger partial charge in [-0.15, -0.1) is 0 Å². The second kappa shape index (κ2) is 8.43. The summed E-state index contributed by atoms with van der Waals surface area (Å²) in [7, 11) is 0. The third-order valence-corrected chi connectivity index (χ3v) is 2.89. The second-order valence-electron chi connectivity index (χ2n) is 4.65. The Bertz CT molecular complexity index is 672. The maximum absolute atomic E-state index is 10.6. The summed E-state index contributed by atoms with van der Waals surface area (Å²) in [5.74, 6) is 1.27. The van der Waals surface area contributed by atoms with Crippen molar-refractivity contribution in [3.05, 3.63) is 59.7 Å². The van der Waals surface area contributed by atoms with Crippen LogP contribution < -0.4 is 20.6 Å². The highest BCUT2D eigenvalue weighted by atomic mass is 16.5. The molecule has 0 unspecified atom stereocenters. The van der Waals surface area contributed by atoms with E-state index in [1.807, 2.05) is 43.3 Å². The van der Waals surface area contributed by atoms with Crippen molar-refractivity contribution in [2.75, 3.05) is 6.61 Å². The zero-order valence-corrected chi connectivity index (χ0v) is 12.9. The van der Waals surface area contributed by atoms with Gasteiger partial charge < -0.3 is 15.2 Å². The van der Waals surface area contributed by atoms with Gasteiger partial charge in [0, 0.05) is 0 Å². The quantitative estimate of drug-likeness (QED) is 0.608. The van der Waals surface area contributed by atoms with Gasteiger partial charge in [-0.3, -0.25) is 0 Å². The van der Waals surface area contributed by atoms with Gasteiger partial charge in [-0.2, -0.15) is 5.10 Å². The molecule has 120 valence electrons. The zero-order chi connectivity index (χ0) is 16.5. The summed E-state index contributed by atoms with van der Waals surface area (Å²) in [4.78, 5) is 10.6. The molecule has 0 aliphatic heterocycles. The third-order valence-electron chi connectivity index (χ3n) is 2.89. The zero-order valence-electron chi connectivity index (χ0n) is 12.9. The molecule has 0 fully saturated rings. The molecule has 0 aromatic heterocycles. The third kappa shape index (κ3) is 5.35. The molecule has 0 spiro atoms. The molecule has 23 heavy (non-hydrogen) atoms. The van der Waals surface area contributed by atoms with Gasteiger partial charge in [-0.25, -0.2) is 10.2 Å². The minimum absolute atomic E-state index is 0.456. The minimum atomic E-state index is -0.714. The number of hydrogen-bond donors (Lipinski definition) is 2.